The van der Waals surface area contributed by atoms with Crippen LogP contribution in [0.15, 0.2) is 53.8 Å². The van der Waals surface area contributed by atoms with Crippen LogP contribution in [0.5, 0.6) is 5.88 Å². The van der Waals surface area contributed by atoms with Gasteiger partial charge in [-0.2, -0.15) is 0 Å². The SMILES string of the molecule is CCOc1ncccc1NS(=O)(=O)c1cccc(-n2cnnn2)c1. The Morgan fingerprint density at radius 1 is 1.25 bits per heavy atom. The van der Waals surface area contributed by atoms with Gasteiger partial charge in [-0.25, -0.2) is 18.1 Å². The van der Waals surface area contributed by atoms with E-state index >= 15 is 0 Å². The van der Waals surface area contributed by atoms with Crippen molar-refractivity contribution in [1.82, 2.24) is 25.2 Å². The van der Waals surface area contributed by atoms with Crippen molar-refractivity contribution in [2.45, 2.75) is 11.8 Å². The van der Waals surface area contributed by atoms with Gasteiger partial charge in [0, 0.05) is 6.20 Å². The predicted octanol–water partition coefficient (Wildman–Crippen LogP) is 1.26. The standard InChI is InChI=1S/C14H14N6O3S/c1-2-23-14-13(7-4-8-15-14)17-24(21,22)12-6-3-5-11(9-12)20-10-16-18-19-20/h3-10,17H,2H2,1H3. The number of aromatic nitrogens is 5. The molecule has 0 unspecified atom stereocenters. The van der Waals surface area contributed by atoms with E-state index < -0.39 is 10.0 Å². The summed E-state index contributed by atoms with van der Waals surface area (Å²) in [5.41, 5.74) is 0.797. The molecule has 0 atom stereocenters. The molecule has 0 radical (unpaired) electrons. The van der Waals surface area contributed by atoms with Crippen LogP contribution in [0.25, 0.3) is 5.69 Å². The monoisotopic (exact) mass is 346 g/mol. The Hall–Kier alpha value is -3.01. The van der Waals surface area contributed by atoms with Crippen LogP contribution in [-0.2, 0) is 10.0 Å². The molecule has 2 heterocycles. The molecular weight excluding hydrogens is 332 g/mol. The minimum atomic E-state index is -3.82. The van der Waals surface area contributed by atoms with Crippen molar-refractivity contribution >= 4 is 15.7 Å². The summed E-state index contributed by atoms with van der Waals surface area (Å²) in [6, 6.07) is 9.46. The van der Waals surface area contributed by atoms with Gasteiger partial charge in [0.05, 0.1) is 17.2 Å². The number of nitrogens with one attached hydrogen (secondary N) is 1. The summed E-state index contributed by atoms with van der Waals surface area (Å²) in [6.45, 7) is 2.17. The molecule has 3 aromatic rings. The van der Waals surface area contributed by atoms with E-state index in [1.54, 1.807) is 31.2 Å². The van der Waals surface area contributed by atoms with Gasteiger partial charge in [0.1, 0.15) is 12.0 Å². The third-order valence-electron chi connectivity index (χ3n) is 3.04. The van der Waals surface area contributed by atoms with E-state index in [4.69, 9.17) is 4.74 Å². The number of benzene rings is 1. The van der Waals surface area contributed by atoms with Gasteiger partial charge in [-0.3, -0.25) is 4.72 Å². The van der Waals surface area contributed by atoms with Crippen molar-refractivity contribution < 1.29 is 13.2 Å². The first-order valence-electron chi connectivity index (χ1n) is 7.04. The maximum Gasteiger partial charge on any atom is 0.262 e. The first-order chi connectivity index (χ1) is 11.6. The molecule has 0 aliphatic heterocycles. The summed E-state index contributed by atoms with van der Waals surface area (Å²) in [4.78, 5) is 4.10. The number of ether oxygens (including phenoxy) is 1. The molecule has 9 nitrogen and oxygen atoms in total. The van der Waals surface area contributed by atoms with Gasteiger partial charge in [-0.15, -0.1) is 5.10 Å². The van der Waals surface area contributed by atoms with E-state index in [1.807, 2.05) is 0 Å². The number of nitrogens with zero attached hydrogens (tertiary/aromatic N) is 5. The molecule has 0 bridgehead atoms. The van der Waals surface area contributed by atoms with Gasteiger partial charge >= 0.3 is 0 Å². The normalized spacial score (nSPS) is 11.2. The minimum absolute atomic E-state index is 0.0711. The largest absolute Gasteiger partial charge is 0.476 e. The van der Waals surface area contributed by atoms with E-state index in [9.17, 15) is 8.42 Å². The molecule has 124 valence electrons. The molecule has 0 saturated heterocycles. The third-order valence-corrected chi connectivity index (χ3v) is 4.40. The maximum atomic E-state index is 12.6. The summed E-state index contributed by atoms with van der Waals surface area (Å²) < 4.78 is 34.4. The lowest BCUT2D eigenvalue weighted by molar-refractivity contribution is 0.329. The van der Waals surface area contributed by atoms with E-state index in [-0.39, 0.29) is 16.5 Å². The van der Waals surface area contributed by atoms with Gasteiger partial charge in [-0.05, 0) is 47.7 Å². The van der Waals surface area contributed by atoms with Crippen molar-refractivity contribution in [3.05, 3.63) is 48.9 Å². The molecule has 3 rings (SSSR count). The predicted molar refractivity (Wildman–Crippen MR) is 85.4 cm³/mol. The zero-order valence-electron chi connectivity index (χ0n) is 12.7. The van der Waals surface area contributed by atoms with Gasteiger partial charge in [-0.1, -0.05) is 6.07 Å². The van der Waals surface area contributed by atoms with E-state index in [2.05, 4.69) is 25.2 Å². The van der Waals surface area contributed by atoms with E-state index in [0.717, 1.165) is 0 Å². The number of sulfonamides is 1. The quantitative estimate of drug-likeness (QED) is 0.715. The lowest BCUT2D eigenvalue weighted by Crippen LogP contribution is -2.14. The van der Waals surface area contributed by atoms with Crippen LogP contribution in [0, 0.1) is 0 Å². The lowest BCUT2D eigenvalue weighted by Gasteiger charge is -2.12. The van der Waals surface area contributed by atoms with Gasteiger partial charge in [0.15, 0.2) is 0 Å². The van der Waals surface area contributed by atoms with Crippen LogP contribution in [0.3, 0.4) is 0 Å². The van der Waals surface area contributed by atoms with Gasteiger partial charge < -0.3 is 4.74 Å². The second-order valence-electron chi connectivity index (χ2n) is 4.65. The Morgan fingerprint density at radius 2 is 2.12 bits per heavy atom. The third kappa shape index (κ3) is 3.33. The Kier molecular flexibility index (Phi) is 4.38. The van der Waals surface area contributed by atoms with Crippen LogP contribution in [-0.4, -0.2) is 40.2 Å². The summed E-state index contributed by atoms with van der Waals surface area (Å²) in [6.07, 6.45) is 2.91. The lowest BCUT2D eigenvalue weighted by atomic mass is 10.3. The van der Waals surface area contributed by atoms with Crippen molar-refractivity contribution in [2.24, 2.45) is 0 Å². The van der Waals surface area contributed by atoms with Crippen molar-refractivity contribution in [1.29, 1.82) is 0 Å². The molecule has 0 aliphatic carbocycles. The van der Waals surface area contributed by atoms with Crippen molar-refractivity contribution in [3.63, 3.8) is 0 Å². The fourth-order valence-corrected chi connectivity index (χ4v) is 3.09. The van der Waals surface area contributed by atoms with Crippen molar-refractivity contribution in [3.8, 4) is 11.6 Å². The number of hydrogen-bond acceptors (Lipinski definition) is 7. The maximum absolute atomic E-state index is 12.6. The van der Waals surface area contributed by atoms with Crippen molar-refractivity contribution in [2.75, 3.05) is 11.3 Å². The van der Waals surface area contributed by atoms with E-state index in [0.29, 0.717) is 12.3 Å². The highest BCUT2D eigenvalue weighted by atomic mass is 32.2. The topological polar surface area (TPSA) is 112 Å². The molecule has 1 N–H and O–H groups in total. The second-order valence-corrected chi connectivity index (χ2v) is 6.33. The smallest absolute Gasteiger partial charge is 0.262 e. The first-order valence-corrected chi connectivity index (χ1v) is 8.52. The Bertz CT molecular complexity index is 927. The summed E-state index contributed by atoms with van der Waals surface area (Å²) in [7, 11) is -3.82. The number of hydrogen-bond donors (Lipinski definition) is 1. The fraction of sp³-hybridized carbons (Fsp3) is 0.143. The molecule has 0 aliphatic rings. The summed E-state index contributed by atoms with van der Waals surface area (Å²) in [5, 5.41) is 10.8. The van der Waals surface area contributed by atoms with Crippen LogP contribution in [0.4, 0.5) is 5.69 Å². The molecule has 0 fully saturated rings. The molecule has 10 heteroatoms. The van der Waals surface area contributed by atoms with Gasteiger partial charge in [0.2, 0.25) is 5.88 Å². The van der Waals surface area contributed by atoms with Crippen LogP contribution in [0.1, 0.15) is 6.92 Å². The van der Waals surface area contributed by atoms with Crippen LogP contribution >= 0.6 is 0 Å². The number of tetrazole rings is 1. The number of anilines is 1. The minimum Gasteiger partial charge on any atom is -0.476 e. The highest BCUT2D eigenvalue weighted by Gasteiger charge is 2.18. The molecule has 0 saturated carbocycles. The molecule has 2 aromatic heterocycles. The van der Waals surface area contributed by atoms with Crippen LogP contribution < -0.4 is 9.46 Å². The number of pyridine rings is 1. The Labute approximate surface area is 138 Å². The molecule has 0 amide bonds. The molecular formula is C14H14N6O3S. The highest BCUT2D eigenvalue weighted by Crippen LogP contribution is 2.24. The Balaban J connectivity index is 1.93. The van der Waals surface area contributed by atoms with Gasteiger partial charge in [0.25, 0.3) is 10.0 Å². The first kappa shape index (κ1) is 15.9. The van der Waals surface area contributed by atoms with Crippen LogP contribution in [0.2, 0.25) is 0 Å². The second kappa shape index (κ2) is 6.62. The fourth-order valence-electron chi connectivity index (χ4n) is 2.00. The molecule has 1 aromatic carbocycles. The average molecular weight is 346 g/mol. The highest BCUT2D eigenvalue weighted by molar-refractivity contribution is 7.92. The average Bonchev–Trinajstić information content (AvgIpc) is 3.11. The summed E-state index contributed by atoms with van der Waals surface area (Å²) >= 11 is 0. The Morgan fingerprint density at radius 3 is 2.88 bits per heavy atom. The molecule has 0 spiro atoms. The molecule has 24 heavy (non-hydrogen) atoms. The van der Waals surface area contributed by atoms with E-state index in [1.165, 1.54) is 29.3 Å². The zero-order chi connectivity index (χ0) is 17.0. The zero-order valence-corrected chi connectivity index (χ0v) is 13.5. The number of rotatable bonds is 6. The summed E-state index contributed by atoms with van der Waals surface area (Å²) in [5.74, 6) is 0.222.